The summed E-state index contributed by atoms with van der Waals surface area (Å²) in [6, 6.07) is 8.09. The first-order valence-electron chi connectivity index (χ1n) is 7.28. The zero-order valence-corrected chi connectivity index (χ0v) is 13.2. The fourth-order valence-electron chi connectivity index (χ4n) is 2.58. The van der Waals surface area contributed by atoms with Crippen molar-refractivity contribution in [2.75, 3.05) is 33.9 Å². The van der Waals surface area contributed by atoms with Gasteiger partial charge in [0, 0.05) is 25.2 Å². The number of rotatable bonds is 4. The van der Waals surface area contributed by atoms with Crippen molar-refractivity contribution in [3.63, 3.8) is 0 Å². The number of hydrogen-bond acceptors (Lipinski definition) is 4. The molecule has 1 fully saturated rings. The number of benzene rings is 1. The van der Waals surface area contributed by atoms with Gasteiger partial charge in [0.05, 0.1) is 7.11 Å². The highest BCUT2D eigenvalue weighted by Gasteiger charge is 2.29. The van der Waals surface area contributed by atoms with Gasteiger partial charge in [-0.2, -0.15) is 0 Å². The Morgan fingerprint density at radius 3 is 2.33 bits per heavy atom. The number of piperazine rings is 1. The van der Waals surface area contributed by atoms with E-state index in [1.807, 2.05) is 23.1 Å². The third-order valence-corrected chi connectivity index (χ3v) is 4.13. The molecule has 21 heavy (non-hydrogen) atoms. The summed E-state index contributed by atoms with van der Waals surface area (Å²) >= 11 is 0. The van der Waals surface area contributed by atoms with E-state index in [9.17, 15) is 4.79 Å². The molecule has 0 radical (unpaired) electrons. The molecule has 0 N–H and O–H groups in total. The molecule has 5 nitrogen and oxygen atoms in total. The van der Waals surface area contributed by atoms with E-state index in [-0.39, 0.29) is 12.5 Å². The van der Waals surface area contributed by atoms with Crippen molar-refractivity contribution < 1.29 is 14.3 Å². The van der Waals surface area contributed by atoms with Crippen LogP contribution < -0.4 is 9.47 Å². The second kappa shape index (κ2) is 6.80. The highest BCUT2D eigenvalue weighted by Crippen LogP contribution is 2.25. The Morgan fingerprint density at radius 2 is 1.76 bits per heavy atom. The molecule has 1 aliphatic heterocycles. The molecule has 5 heteroatoms. The minimum Gasteiger partial charge on any atom is -0.493 e. The number of hydrogen-bond donors (Lipinski definition) is 0. The lowest BCUT2D eigenvalue weighted by molar-refractivity contribution is -0.137. The Kier molecular flexibility index (Phi) is 5.07. The zero-order chi connectivity index (χ0) is 15.4. The van der Waals surface area contributed by atoms with Gasteiger partial charge in [-0.05, 0) is 33.0 Å². The van der Waals surface area contributed by atoms with Crippen LogP contribution >= 0.6 is 0 Å². The Bertz CT molecular complexity index is 480. The van der Waals surface area contributed by atoms with Crippen molar-refractivity contribution in [1.82, 2.24) is 9.80 Å². The molecule has 2 unspecified atom stereocenters. The van der Waals surface area contributed by atoms with Crippen molar-refractivity contribution in [2.24, 2.45) is 0 Å². The molecule has 0 aromatic heterocycles. The monoisotopic (exact) mass is 292 g/mol. The van der Waals surface area contributed by atoms with Gasteiger partial charge in [0.2, 0.25) is 0 Å². The highest BCUT2D eigenvalue weighted by molar-refractivity contribution is 5.78. The summed E-state index contributed by atoms with van der Waals surface area (Å²) in [6.45, 7) is 5.81. The van der Waals surface area contributed by atoms with Crippen molar-refractivity contribution in [3.8, 4) is 11.5 Å². The number of carbonyl (C=O) groups is 1. The molecule has 116 valence electrons. The van der Waals surface area contributed by atoms with Gasteiger partial charge in [-0.25, -0.2) is 0 Å². The number of nitrogens with zero attached hydrogens (tertiary/aromatic N) is 2. The van der Waals surface area contributed by atoms with Gasteiger partial charge in [0.15, 0.2) is 18.1 Å². The van der Waals surface area contributed by atoms with Crippen LogP contribution in [0.5, 0.6) is 11.5 Å². The largest absolute Gasteiger partial charge is 0.493 e. The lowest BCUT2D eigenvalue weighted by Gasteiger charge is -2.42. The average molecular weight is 292 g/mol. The predicted octanol–water partition coefficient (Wildman–Crippen LogP) is 1.62. The molecule has 1 aliphatic rings. The molecule has 1 saturated heterocycles. The van der Waals surface area contributed by atoms with Gasteiger partial charge in [0.1, 0.15) is 0 Å². The number of amides is 1. The van der Waals surface area contributed by atoms with Crippen LogP contribution in [0.15, 0.2) is 24.3 Å². The topological polar surface area (TPSA) is 42.0 Å². The van der Waals surface area contributed by atoms with Crippen LogP contribution in [0.3, 0.4) is 0 Å². The maximum Gasteiger partial charge on any atom is 0.260 e. The van der Waals surface area contributed by atoms with E-state index >= 15 is 0 Å². The van der Waals surface area contributed by atoms with Crippen molar-refractivity contribution in [3.05, 3.63) is 24.3 Å². The average Bonchev–Trinajstić information content (AvgIpc) is 2.49. The predicted molar refractivity (Wildman–Crippen MR) is 81.8 cm³/mol. The summed E-state index contributed by atoms with van der Waals surface area (Å²) in [5, 5.41) is 0. The van der Waals surface area contributed by atoms with E-state index in [0.717, 1.165) is 13.1 Å². The lowest BCUT2D eigenvalue weighted by Crippen LogP contribution is -2.57. The van der Waals surface area contributed by atoms with Gasteiger partial charge in [-0.3, -0.25) is 9.69 Å². The van der Waals surface area contributed by atoms with Crippen LogP contribution in [-0.4, -0.2) is 61.6 Å². The van der Waals surface area contributed by atoms with Crippen LogP contribution in [0.25, 0.3) is 0 Å². The normalized spacial score (nSPS) is 23.0. The Labute approximate surface area is 126 Å². The van der Waals surface area contributed by atoms with Gasteiger partial charge >= 0.3 is 0 Å². The molecule has 1 aromatic carbocycles. The number of methoxy groups -OCH3 is 1. The summed E-state index contributed by atoms with van der Waals surface area (Å²) < 4.78 is 10.8. The maximum atomic E-state index is 12.3. The van der Waals surface area contributed by atoms with Crippen molar-refractivity contribution in [2.45, 2.75) is 25.9 Å². The molecule has 1 amide bonds. The van der Waals surface area contributed by atoms with Gasteiger partial charge in [-0.1, -0.05) is 12.1 Å². The van der Waals surface area contributed by atoms with Crippen molar-refractivity contribution >= 4 is 5.91 Å². The molecule has 2 rings (SSSR count). The molecule has 1 aromatic rings. The summed E-state index contributed by atoms with van der Waals surface area (Å²) in [7, 11) is 3.69. The Hall–Kier alpha value is -1.75. The molecule has 0 spiro atoms. The van der Waals surface area contributed by atoms with Crippen LogP contribution in [0, 0.1) is 0 Å². The smallest absolute Gasteiger partial charge is 0.260 e. The standard InChI is InChI=1S/C16H24N2O3/c1-12-9-18(10-13(2)17(12)3)16(19)11-21-15-8-6-5-7-14(15)20-4/h5-8,12-13H,9-11H2,1-4H3. The third kappa shape index (κ3) is 3.67. The van der Waals surface area contributed by atoms with Crippen LogP contribution in [0.4, 0.5) is 0 Å². The number of para-hydroxylation sites is 2. The highest BCUT2D eigenvalue weighted by atomic mass is 16.5. The van der Waals surface area contributed by atoms with Crippen LogP contribution in [0.2, 0.25) is 0 Å². The molecular formula is C16H24N2O3. The minimum absolute atomic E-state index is 0.0210. The number of likely N-dealkylation sites (N-methyl/N-ethyl adjacent to an activating group) is 1. The fourth-order valence-corrected chi connectivity index (χ4v) is 2.58. The fraction of sp³-hybridized carbons (Fsp3) is 0.562. The van der Waals surface area contributed by atoms with Gasteiger partial charge in [0.25, 0.3) is 5.91 Å². The number of carbonyl (C=O) groups excluding carboxylic acids is 1. The van der Waals surface area contributed by atoms with E-state index in [1.165, 1.54) is 0 Å². The first-order valence-corrected chi connectivity index (χ1v) is 7.28. The molecule has 0 aliphatic carbocycles. The first-order chi connectivity index (χ1) is 10.0. The van der Waals surface area contributed by atoms with Gasteiger partial charge < -0.3 is 14.4 Å². The Balaban J connectivity index is 1.93. The number of ether oxygens (including phenoxy) is 2. The first kappa shape index (κ1) is 15.6. The minimum atomic E-state index is 0.0210. The molecular weight excluding hydrogens is 268 g/mol. The molecule has 0 saturated carbocycles. The second-order valence-corrected chi connectivity index (χ2v) is 5.60. The van der Waals surface area contributed by atoms with E-state index in [0.29, 0.717) is 23.6 Å². The Morgan fingerprint density at radius 1 is 1.19 bits per heavy atom. The zero-order valence-electron chi connectivity index (χ0n) is 13.2. The third-order valence-electron chi connectivity index (χ3n) is 4.13. The maximum absolute atomic E-state index is 12.3. The summed E-state index contributed by atoms with van der Waals surface area (Å²) in [4.78, 5) is 16.5. The molecule has 1 heterocycles. The summed E-state index contributed by atoms with van der Waals surface area (Å²) in [5.74, 6) is 1.27. The van der Waals surface area contributed by atoms with E-state index in [4.69, 9.17) is 9.47 Å². The summed E-state index contributed by atoms with van der Waals surface area (Å²) in [6.07, 6.45) is 0. The summed E-state index contributed by atoms with van der Waals surface area (Å²) in [5.41, 5.74) is 0. The van der Waals surface area contributed by atoms with E-state index in [1.54, 1.807) is 13.2 Å². The van der Waals surface area contributed by atoms with E-state index in [2.05, 4.69) is 25.8 Å². The van der Waals surface area contributed by atoms with Crippen LogP contribution in [-0.2, 0) is 4.79 Å². The van der Waals surface area contributed by atoms with E-state index < -0.39 is 0 Å². The molecule has 0 bridgehead atoms. The SMILES string of the molecule is COc1ccccc1OCC(=O)N1CC(C)N(C)C(C)C1. The second-order valence-electron chi connectivity index (χ2n) is 5.60. The lowest BCUT2D eigenvalue weighted by atomic mass is 10.1. The molecule has 2 atom stereocenters. The van der Waals surface area contributed by atoms with Crippen molar-refractivity contribution in [1.29, 1.82) is 0 Å². The van der Waals surface area contributed by atoms with Crippen LogP contribution in [0.1, 0.15) is 13.8 Å². The quantitative estimate of drug-likeness (QED) is 0.846. The van der Waals surface area contributed by atoms with Gasteiger partial charge in [-0.15, -0.1) is 0 Å².